The van der Waals surface area contributed by atoms with Crippen molar-refractivity contribution in [3.8, 4) is 11.8 Å². The summed E-state index contributed by atoms with van der Waals surface area (Å²) in [5.41, 5.74) is 0.175. The van der Waals surface area contributed by atoms with E-state index >= 15 is 0 Å². The molecule has 0 aromatic heterocycles. The van der Waals surface area contributed by atoms with Crippen molar-refractivity contribution in [1.29, 1.82) is 5.26 Å². The fourth-order valence-electron chi connectivity index (χ4n) is 0.590. The molecule has 0 saturated heterocycles. The van der Waals surface area contributed by atoms with E-state index in [2.05, 4.69) is 15.9 Å². The predicted octanol–water partition coefficient (Wildman–Crippen LogP) is 1.39. The van der Waals surface area contributed by atoms with Gasteiger partial charge in [0.2, 0.25) is 0 Å². The summed E-state index contributed by atoms with van der Waals surface area (Å²) in [4.78, 5) is 0. The van der Waals surface area contributed by atoms with Crippen LogP contribution in [0.1, 0.15) is 5.56 Å². The zero-order valence-electron chi connectivity index (χ0n) is 4.97. The van der Waals surface area contributed by atoms with E-state index in [-0.39, 0.29) is 11.3 Å². The van der Waals surface area contributed by atoms with Crippen LogP contribution in [-0.4, -0.2) is 0 Å². The molecule has 2 nitrogen and oxygen atoms in total. The van der Waals surface area contributed by atoms with Crippen molar-refractivity contribution >= 4 is 15.9 Å². The van der Waals surface area contributed by atoms with Gasteiger partial charge in [-0.1, -0.05) is 27.7 Å². The third-order valence-corrected chi connectivity index (χ3v) is 1.56. The molecule has 1 rings (SSSR count). The van der Waals surface area contributed by atoms with Crippen LogP contribution in [0.15, 0.2) is 22.7 Å². The van der Waals surface area contributed by atoms with Crippen molar-refractivity contribution in [3.05, 3.63) is 28.2 Å². The minimum atomic E-state index is -0.231. The Bertz CT molecular complexity index is 290. The summed E-state index contributed by atoms with van der Waals surface area (Å²) in [5, 5.41) is 19.1. The van der Waals surface area contributed by atoms with Gasteiger partial charge in [-0.3, -0.25) is 0 Å². The maximum absolute atomic E-state index is 10.8. The van der Waals surface area contributed by atoms with E-state index in [0.29, 0.717) is 0 Å². The largest absolute Gasteiger partial charge is 0.872 e. The Morgan fingerprint density at radius 1 is 1.50 bits per heavy atom. The minimum Gasteiger partial charge on any atom is -0.872 e. The van der Waals surface area contributed by atoms with Crippen molar-refractivity contribution in [2.75, 3.05) is 0 Å². The molecule has 1 aromatic rings. The first kappa shape index (κ1) is 7.10. The Balaban J connectivity index is 3.25. The summed E-state index contributed by atoms with van der Waals surface area (Å²) in [6, 6.07) is 6.27. The highest BCUT2D eigenvalue weighted by Gasteiger charge is 1.91. The lowest BCUT2D eigenvalue weighted by molar-refractivity contribution is -0.268. The SMILES string of the molecule is N#Cc1cc(Br)ccc1[O-]. The maximum atomic E-state index is 10.8. The third kappa shape index (κ3) is 1.28. The van der Waals surface area contributed by atoms with Gasteiger partial charge in [-0.25, -0.2) is 0 Å². The Hall–Kier alpha value is -1.01. The second-order valence-electron chi connectivity index (χ2n) is 1.75. The average molecular weight is 197 g/mol. The zero-order valence-corrected chi connectivity index (χ0v) is 6.55. The fraction of sp³-hybridized carbons (Fsp3) is 0. The summed E-state index contributed by atoms with van der Waals surface area (Å²) in [6.07, 6.45) is 0. The number of halogens is 1. The summed E-state index contributed by atoms with van der Waals surface area (Å²) in [5.74, 6) is -0.231. The summed E-state index contributed by atoms with van der Waals surface area (Å²) in [7, 11) is 0. The van der Waals surface area contributed by atoms with Gasteiger partial charge in [0.1, 0.15) is 0 Å². The molecule has 0 spiro atoms. The van der Waals surface area contributed by atoms with E-state index < -0.39 is 0 Å². The fourth-order valence-corrected chi connectivity index (χ4v) is 0.951. The smallest absolute Gasteiger partial charge is 0.0985 e. The molecule has 0 aliphatic carbocycles. The highest BCUT2D eigenvalue weighted by Crippen LogP contribution is 2.17. The van der Waals surface area contributed by atoms with Crippen LogP contribution in [0.4, 0.5) is 0 Å². The summed E-state index contributed by atoms with van der Waals surface area (Å²) >= 11 is 3.15. The molecule has 0 unspecified atom stereocenters. The number of nitrogens with zero attached hydrogens (tertiary/aromatic N) is 1. The maximum Gasteiger partial charge on any atom is 0.0985 e. The Morgan fingerprint density at radius 3 is 2.70 bits per heavy atom. The first-order chi connectivity index (χ1) is 4.74. The molecule has 50 valence electrons. The molecule has 0 aliphatic rings. The summed E-state index contributed by atoms with van der Waals surface area (Å²) in [6.45, 7) is 0. The Labute approximate surface area is 66.9 Å². The van der Waals surface area contributed by atoms with Crippen LogP contribution in [0, 0.1) is 11.3 Å². The monoisotopic (exact) mass is 196 g/mol. The first-order valence-corrected chi connectivity index (χ1v) is 3.40. The number of hydrogen-bond donors (Lipinski definition) is 0. The molecule has 3 heteroatoms. The number of hydrogen-bond acceptors (Lipinski definition) is 2. The van der Waals surface area contributed by atoms with Crippen molar-refractivity contribution in [2.24, 2.45) is 0 Å². The van der Waals surface area contributed by atoms with Crippen molar-refractivity contribution in [2.45, 2.75) is 0 Å². The molecule has 1 aromatic carbocycles. The van der Waals surface area contributed by atoms with Gasteiger partial charge < -0.3 is 5.11 Å². The topological polar surface area (TPSA) is 46.8 Å². The zero-order chi connectivity index (χ0) is 7.56. The molecule has 0 radical (unpaired) electrons. The van der Waals surface area contributed by atoms with E-state index in [9.17, 15) is 5.11 Å². The molecular formula is C7H3BrNO-. The predicted molar refractivity (Wildman–Crippen MR) is 38.3 cm³/mol. The molecule has 0 amide bonds. The third-order valence-electron chi connectivity index (χ3n) is 1.06. The normalized spacial score (nSPS) is 8.80. The molecule has 0 aliphatic heterocycles. The second-order valence-corrected chi connectivity index (χ2v) is 2.67. The number of nitriles is 1. The van der Waals surface area contributed by atoms with E-state index in [4.69, 9.17) is 5.26 Å². The van der Waals surface area contributed by atoms with E-state index in [0.717, 1.165) is 4.47 Å². The highest BCUT2D eigenvalue weighted by molar-refractivity contribution is 9.10. The Kier molecular flexibility index (Phi) is 1.93. The van der Waals surface area contributed by atoms with Gasteiger partial charge in [0, 0.05) is 10.0 Å². The lowest BCUT2D eigenvalue weighted by atomic mass is 10.2. The van der Waals surface area contributed by atoms with E-state index in [1.807, 2.05) is 0 Å². The van der Waals surface area contributed by atoms with Crippen LogP contribution in [-0.2, 0) is 0 Å². The molecule has 0 atom stereocenters. The summed E-state index contributed by atoms with van der Waals surface area (Å²) < 4.78 is 0.753. The van der Waals surface area contributed by atoms with Crippen LogP contribution in [0.2, 0.25) is 0 Å². The Morgan fingerprint density at radius 2 is 2.20 bits per heavy atom. The van der Waals surface area contributed by atoms with Gasteiger partial charge in [-0.15, -0.1) is 0 Å². The molecule has 0 N–H and O–H groups in total. The molecule has 0 fully saturated rings. The molecule has 0 bridgehead atoms. The van der Waals surface area contributed by atoms with Gasteiger partial charge in [0.05, 0.1) is 6.07 Å². The van der Waals surface area contributed by atoms with Crippen LogP contribution in [0.3, 0.4) is 0 Å². The quantitative estimate of drug-likeness (QED) is 0.630. The van der Waals surface area contributed by atoms with Gasteiger partial charge in [0.25, 0.3) is 0 Å². The van der Waals surface area contributed by atoms with Crippen molar-refractivity contribution in [1.82, 2.24) is 0 Å². The van der Waals surface area contributed by atoms with Gasteiger partial charge >= 0.3 is 0 Å². The standard InChI is InChI=1S/C7H4BrNO/c8-6-1-2-7(10)5(3-6)4-9/h1-3,10H/p-1. The molecule has 0 saturated carbocycles. The van der Waals surface area contributed by atoms with Gasteiger partial charge in [0.15, 0.2) is 0 Å². The molecule has 0 heterocycles. The second kappa shape index (κ2) is 2.72. The van der Waals surface area contributed by atoms with Gasteiger partial charge in [-0.2, -0.15) is 5.26 Å². The van der Waals surface area contributed by atoms with E-state index in [1.54, 1.807) is 12.1 Å². The minimum absolute atomic E-state index is 0.175. The van der Waals surface area contributed by atoms with Crippen LogP contribution >= 0.6 is 15.9 Å². The van der Waals surface area contributed by atoms with Crippen molar-refractivity contribution < 1.29 is 5.11 Å². The van der Waals surface area contributed by atoms with Crippen molar-refractivity contribution in [3.63, 3.8) is 0 Å². The van der Waals surface area contributed by atoms with Crippen LogP contribution < -0.4 is 5.11 Å². The highest BCUT2D eigenvalue weighted by atomic mass is 79.9. The lowest BCUT2D eigenvalue weighted by Crippen LogP contribution is -1.92. The lowest BCUT2D eigenvalue weighted by Gasteiger charge is -2.05. The van der Waals surface area contributed by atoms with Crippen LogP contribution in [0.5, 0.6) is 5.75 Å². The van der Waals surface area contributed by atoms with E-state index in [1.165, 1.54) is 12.1 Å². The average Bonchev–Trinajstić information content (AvgIpc) is 1.94. The number of benzene rings is 1. The molecule has 10 heavy (non-hydrogen) atoms. The number of rotatable bonds is 0. The van der Waals surface area contributed by atoms with Crippen LogP contribution in [0.25, 0.3) is 0 Å². The first-order valence-electron chi connectivity index (χ1n) is 2.60. The van der Waals surface area contributed by atoms with Gasteiger partial charge in [-0.05, 0) is 12.1 Å². The molecular weight excluding hydrogens is 194 g/mol.